The molecule has 128 valence electrons. The zero-order valence-corrected chi connectivity index (χ0v) is 14.2. The standard InChI is InChI=1S/C16H19N3O4S/c1-10-9-17-6-7-18(10)15(20)11-2-5-13-14(8-11)24(22,23)19(16(13)21)12-3-4-12/h2,5,8,10,12,17H,3-4,6-7,9H2,1H3/t10-/m1/s1. The first kappa shape index (κ1) is 15.6. The fraction of sp³-hybridized carbons (Fsp3) is 0.500. The fourth-order valence-corrected chi connectivity index (χ4v) is 5.20. The van der Waals surface area contributed by atoms with Gasteiger partial charge in [-0.15, -0.1) is 0 Å². The van der Waals surface area contributed by atoms with Crippen molar-refractivity contribution < 1.29 is 18.0 Å². The molecule has 2 amide bonds. The van der Waals surface area contributed by atoms with Crippen LogP contribution in [0.1, 0.15) is 40.5 Å². The van der Waals surface area contributed by atoms with Gasteiger partial charge in [-0.05, 0) is 38.0 Å². The maximum absolute atomic E-state index is 12.7. The van der Waals surface area contributed by atoms with Crippen LogP contribution in [0.25, 0.3) is 0 Å². The van der Waals surface area contributed by atoms with Gasteiger partial charge in [0.15, 0.2) is 0 Å². The van der Waals surface area contributed by atoms with Crippen LogP contribution in [0.5, 0.6) is 0 Å². The van der Waals surface area contributed by atoms with E-state index in [9.17, 15) is 18.0 Å². The lowest BCUT2D eigenvalue weighted by Crippen LogP contribution is -2.52. The maximum Gasteiger partial charge on any atom is 0.269 e. The van der Waals surface area contributed by atoms with Gasteiger partial charge in [-0.25, -0.2) is 12.7 Å². The lowest BCUT2D eigenvalue weighted by molar-refractivity contribution is 0.0655. The second kappa shape index (κ2) is 5.29. The van der Waals surface area contributed by atoms with E-state index in [0.717, 1.165) is 4.31 Å². The van der Waals surface area contributed by atoms with Crippen LogP contribution in [-0.4, -0.2) is 61.2 Å². The molecule has 2 heterocycles. The number of carbonyl (C=O) groups is 2. The Hall–Kier alpha value is -1.93. The molecule has 1 aliphatic carbocycles. The molecule has 7 nitrogen and oxygen atoms in total. The summed E-state index contributed by atoms with van der Waals surface area (Å²) >= 11 is 0. The number of fused-ring (bicyclic) bond motifs is 1. The third-order valence-corrected chi connectivity index (χ3v) is 6.71. The summed E-state index contributed by atoms with van der Waals surface area (Å²) in [5.41, 5.74) is 0.489. The molecule has 8 heteroatoms. The Labute approximate surface area is 140 Å². The number of nitrogens with one attached hydrogen (secondary N) is 1. The molecule has 0 bridgehead atoms. The number of nitrogens with zero attached hydrogens (tertiary/aromatic N) is 2. The minimum absolute atomic E-state index is 0.0342. The number of piperazine rings is 1. The van der Waals surface area contributed by atoms with Crippen molar-refractivity contribution in [2.45, 2.75) is 36.7 Å². The van der Waals surface area contributed by atoms with Crippen LogP contribution in [-0.2, 0) is 10.0 Å². The molecule has 2 aliphatic heterocycles. The number of rotatable bonds is 2. The predicted molar refractivity (Wildman–Crippen MR) is 86.2 cm³/mol. The summed E-state index contributed by atoms with van der Waals surface area (Å²) in [6.45, 7) is 3.96. The Morgan fingerprint density at radius 1 is 1.29 bits per heavy atom. The van der Waals surface area contributed by atoms with Gasteiger partial charge < -0.3 is 10.2 Å². The summed E-state index contributed by atoms with van der Waals surface area (Å²) in [5, 5.41) is 3.22. The van der Waals surface area contributed by atoms with Crippen molar-refractivity contribution in [2.75, 3.05) is 19.6 Å². The highest BCUT2D eigenvalue weighted by Gasteiger charge is 2.49. The molecule has 0 unspecified atom stereocenters. The summed E-state index contributed by atoms with van der Waals surface area (Å²) in [4.78, 5) is 26.8. The topological polar surface area (TPSA) is 86.8 Å². The summed E-state index contributed by atoms with van der Waals surface area (Å²) in [6, 6.07) is 4.21. The van der Waals surface area contributed by atoms with E-state index in [0.29, 0.717) is 38.0 Å². The smallest absolute Gasteiger partial charge is 0.269 e. The first-order chi connectivity index (χ1) is 11.4. The van der Waals surface area contributed by atoms with Crippen molar-refractivity contribution in [3.63, 3.8) is 0 Å². The number of hydrogen-bond donors (Lipinski definition) is 1. The van der Waals surface area contributed by atoms with Crippen molar-refractivity contribution in [3.8, 4) is 0 Å². The van der Waals surface area contributed by atoms with Gasteiger partial charge in [0.2, 0.25) is 0 Å². The molecule has 1 saturated heterocycles. The Balaban J connectivity index is 1.71. The number of carbonyl (C=O) groups excluding carboxylic acids is 2. The lowest BCUT2D eigenvalue weighted by atomic mass is 10.1. The summed E-state index contributed by atoms with van der Waals surface area (Å²) < 4.78 is 26.3. The van der Waals surface area contributed by atoms with E-state index in [-0.39, 0.29) is 28.4 Å². The van der Waals surface area contributed by atoms with Crippen molar-refractivity contribution >= 4 is 21.8 Å². The fourth-order valence-electron chi connectivity index (χ4n) is 3.36. The molecule has 1 saturated carbocycles. The Morgan fingerprint density at radius 3 is 2.71 bits per heavy atom. The summed E-state index contributed by atoms with van der Waals surface area (Å²) in [5.74, 6) is -0.665. The van der Waals surface area contributed by atoms with Crippen molar-refractivity contribution in [1.29, 1.82) is 0 Å². The van der Waals surface area contributed by atoms with Crippen molar-refractivity contribution in [2.24, 2.45) is 0 Å². The van der Waals surface area contributed by atoms with E-state index in [1.54, 1.807) is 11.0 Å². The van der Waals surface area contributed by atoms with Crippen molar-refractivity contribution in [3.05, 3.63) is 29.3 Å². The molecule has 24 heavy (non-hydrogen) atoms. The molecule has 2 fully saturated rings. The van der Waals surface area contributed by atoms with Crippen LogP contribution < -0.4 is 5.32 Å². The monoisotopic (exact) mass is 349 g/mol. The van der Waals surface area contributed by atoms with Crippen LogP contribution in [0.3, 0.4) is 0 Å². The van der Waals surface area contributed by atoms with Crippen LogP contribution >= 0.6 is 0 Å². The minimum atomic E-state index is -3.83. The van der Waals surface area contributed by atoms with Gasteiger partial charge in [0.1, 0.15) is 4.90 Å². The summed E-state index contributed by atoms with van der Waals surface area (Å²) in [6.07, 6.45) is 1.42. The van der Waals surface area contributed by atoms with E-state index in [1.165, 1.54) is 12.1 Å². The van der Waals surface area contributed by atoms with E-state index >= 15 is 0 Å². The zero-order valence-electron chi connectivity index (χ0n) is 13.4. The third kappa shape index (κ3) is 2.24. The number of hydrogen-bond acceptors (Lipinski definition) is 5. The Kier molecular flexibility index (Phi) is 3.43. The van der Waals surface area contributed by atoms with E-state index in [2.05, 4.69) is 5.32 Å². The molecule has 1 N–H and O–H groups in total. The highest BCUT2D eigenvalue weighted by molar-refractivity contribution is 7.90. The Morgan fingerprint density at radius 2 is 2.04 bits per heavy atom. The highest BCUT2D eigenvalue weighted by atomic mass is 32.2. The highest BCUT2D eigenvalue weighted by Crippen LogP contribution is 2.39. The van der Waals surface area contributed by atoms with E-state index in [4.69, 9.17) is 0 Å². The van der Waals surface area contributed by atoms with Crippen molar-refractivity contribution in [1.82, 2.24) is 14.5 Å². The molecular weight excluding hydrogens is 330 g/mol. The largest absolute Gasteiger partial charge is 0.333 e. The van der Waals surface area contributed by atoms with Gasteiger partial charge in [0.05, 0.1) is 5.56 Å². The van der Waals surface area contributed by atoms with Gasteiger partial charge in [0.25, 0.3) is 21.8 Å². The predicted octanol–water partition coefficient (Wildman–Crippen LogP) is 0.427. The quantitative estimate of drug-likeness (QED) is 0.837. The van der Waals surface area contributed by atoms with Crippen LogP contribution in [0.15, 0.2) is 23.1 Å². The lowest BCUT2D eigenvalue weighted by Gasteiger charge is -2.34. The third-order valence-electron chi connectivity index (χ3n) is 4.84. The molecule has 0 aromatic heterocycles. The molecule has 1 aromatic rings. The van der Waals surface area contributed by atoms with Crippen LogP contribution in [0.2, 0.25) is 0 Å². The molecule has 1 aromatic carbocycles. The van der Waals surface area contributed by atoms with E-state index in [1.807, 2.05) is 6.92 Å². The number of amides is 2. The molecule has 1 atom stereocenters. The molecule has 0 spiro atoms. The Bertz CT molecular complexity index is 832. The van der Waals surface area contributed by atoms with E-state index < -0.39 is 15.9 Å². The second-order valence-corrected chi connectivity index (χ2v) is 8.38. The number of benzene rings is 1. The van der Waals surface area contributed by atoms with Gasteiger partial charge in [0, 0.05) is 37.3 Å². The SMILES string of the molecule is C[C@@H]1CNCCN1C(=O)c1ccc2c(c1)S(=O)(=O)N(C1CC1)C2=O. The first-order valence-electron chi connectivity index (χ1n) is 8.16. The molecular formula is C16H19N3O4S. The summed E-state index contributed by atoms with van der Waals surface area (Å²) in [7, 11) is -3.83. The van der Waals surface area contributed by atoms with Gasteiger partial charge in [-0.2, -0.15) is 0 Å². The second-order valence-electron chi connectivity index (χ2n) is 6.60. The normalized spacial score (nSPS) is 25.7. The average molecular weight is 349 g/mol. The number of sulfonamides is 1. The molecule has 0 radical (unpaired) electrons. The zero-order chi connectivity index (χ0) is 17.1. The van der Waals surface area contributed by atoms with Crippen LogP contribution in [0.4, 0.5) is 0 Å². The maximum atomic E-state index is 12.7. The van der Waals surface area contributed by atoms with Gasteiger partial charge in [-0.1, -0.05) is 0 Å². The van der Waals surface area contributed by atoms with Crippen LogP contribution in [0, 0.1) is 0 Å². The molecule has 3 aliphatic rings. The molecule has 4 rings (SSSR count). The first-order valence-corrected chi connectivity index (χ1v) is 9.60. The van der Waals surface area contributed by atoms with Gasteiger partial charge in [-0.3, -0.25) is 9.59 Å². The van der Waals surface area contributed by atoms with Gasteiger partial charge >= 0.3 is 0 Å². The minimum Gasteiger partial charge on any atom is -0.333 e. The average Bonchev–Trinajstić information content (AvgIpc) is 3.35.